The van der Waals surface area contributed by atoms with E-state index >= 15 is 0 Å². The van der Waals surface area contributed by atoms with Gasteiger partial charge >= 0.3 is 5.97 Å². The van der Waals surface area contributed by atoms with Crippen molar-refractivity contribution < 1.29 is 23.0 Å². The van der Waals surface area contributed by atoms with E-state index in [0.717, 1.165) is 31.2 Å². The highest BCUT2D eigenvalue weighted by Crippen LogP contribution is 2.19. The largest absolute Gasteiger partial charge is 0.353 e. The first kappa shape index (κ1) is 16.0. The van der Waals surface area contributed by atoms with Gasteiger partial charge in [-0.25, -0.2) is 8.42 Å². The Morgan fingerprint density at radius 3 is 2.35 bits per heavy atom. The summed E-state index contributed by atoms with van der Waals surface area (Å²) in [5.74, 6) is -0.816. The minimum atomic E-state index is -4.11. The van der Waals surface area contributed by atoms with Gasteiger partial charge in [-0.2, -0.15) is 0 Å². The second-order valence-electron chi connectivity index (χ2n) is 3.65. The Bertz CT molecular complexity index is 598. The molecule has 0 aliphatic carbocycles. The lowest BCUT2D eigenvalue weighted by Crippen LogP contribution is -2.36. The molecule has 2 N–H and O–H groups in total. The molecule has 20 heavy (non-hydrogen) atoms. The molecule has 1 aromatic carbocycles. The van der Waals surface area contributed by atoms with Crippen LogP contribution in [0.1, 0.15) is 6.92 Å². The van der Waals surface area contributed by atoms with E-state index in [0.29, 0.717) is 4.47 Å². The number of non-ortho nitro benzene ring substituents is 1. The van der Waals surface area contributed by atoms with Gasteiger partial charge < -0.3 is 10.6 Å². The van der Waals surface area contributed by atoms with Gasteiger partial charge in [0.25, 0.3) is 15.7 Å². The Kier molecular flexibility index (Phi) is 5.13. The van der Waals surface area contributed by atoms with Crippen LogP contribution in [0.25, 0.3) is 0 Å². The van der Waals surface area contributed by atoms with Crippen LogP contribution in [0.4, 0.5) is 5.69 Å². The van der Waals surface area contributed by atoms with Crippen molar-refractivity contribution in [1.82, 2.24) is 4.47 Å². The van der Waals surface area contributed by atoms with Crippen LogP contribution in [-0.2, 0) is 19.7 Å². The summed E-state index contributed by atoms with van der Waals surface area (Å²) in [6, 6.07) is 4.20. The van der Waals surface area contributed by atoms with Crippen molar-refractivity contribution in [2.24, 2.45) is 5.73 Å². The molecule has 0 bridgehead atoms. The standard InChI is InChI=1S/C10H13N3O6S/c1-8(14)19-12(7-6-11)20(17,18)10-4-2-9(3-5-10)13(15)16/h2-5H,6-7,11H2,1H3. The number of nitro groups is 1. The summed E-state index contributed by atoms with van der Waals surface area (Å²) in [5, 5.41) is 10.5. The molecule has 0 atom stereocenters. The van der Waals surface area contributed by atoms with E-state index in [-0.39, 0.29) is 23.7 Å². The summed E-state index contributed by atoms with van der Waals surface area (Å²) >= 11 is 0. The number of sulfonamides is 1. The monoisotopic (exact) mass is 303 g/mol. The van der Waals surface area contributed by atoms with E-state index in [9.17, 15) is 23.3 Å². The van der Waals surface area contributed by atoms with Gasteiger partial charge in [-0.3, -0.25) is 14.9 Å². The van der Waals surface area contributed by atoms with Crippen LogP contribution in [0.2, 0.25) is 0 Å². The van der Waals surface area contributed by atoms with Gasteiger partial charge in [0, 0.05) is 25.6 Å². The van der Waals surface area contributed by atoms with Gasteiger partial charge in [-0.05, 0) is 16.6 Å². The van der Waals surface area contributed by atoms with Crippen LogP contribution in [-0.4, -0.2) is 36.9 Å². The number of nitrogens with two attached hydrogens (primary N) is 1. The van der Waals surface area contributed by atoms with Crippen LogP contribution in [0.15, 0.2) is 29.2 Å². The number of hydrogen-bond donors (Lipinski definition) is 1. The summed E-state index contributed by atoms with van der Waals surface area (Å²) in [4.78, 5) is 25.1. The van der Waals surface area contributed by atoms with Gasteiger partial charge in [0.05, 0.1) is 16.4 Å². The van der Waals surface area contributed by atoms with Gasteiger partial charge in [-0.15, -0.1) is 0 Å². The molecule has 1 rings (SSSR count). The third kappa shape index (κ3) is 3.73. The summed E-state index contributed by atoms with van der Waals surface area (Å²) in [5.41, 5.74) is 5.01. The number of carbonyl (C=O) groups is 1. The fourth-order valence-corrected chi connectivity index (χ4v) is 2.59. The molecule has 0 spiro atoms. The molecule has 0 unspecified atom stereocenters. The number of carbonyl (C=O) groups excluding carboxylic acids is 1. The third-order valence-corrected chi connectivity index (χ3v) is 3.82. The van der Waals surface area contributed by atoms with Crippen molar-refractivity contribution in [3.8, 4) is 0 Å². The van der Waals surface area contributed by atoms with Crippen LogP contribution in [0.5, 0.6) is 0 Å². The van der Waals surface area contributed by atoms with Gasteiger partial charge in [-0.1, -0.05) is 0 Å². The van der Waals surface area contributed by atoms with Crippen molar-refractivity contribution in [3.05, 3.63) is 34.4 Å². The second-order valence-corrected chi connectivity index (χ2v) is 5.48. The van der Waals surface area contributed by atoms with Gasteiger partial charge in [0.15, 0.2) is 0 Å². The van der Waals surface area contributed by atoms with E-state index in [1.807, 2.05) is 0 Å². The van der Waals surface area contributed by atoms with Crippen LogP contribution in [0, 0.1) is 10.1 Å². The number of rotatable bonds is 6. The highest BCUT2D eigenvalue weighted by atomic mass is 32.2. The van der Waals surface area contributed by atoms with E-state index in [1.165, 1.54) is 0 Å². The molecule has 0 amide bonds. The summed E-state index contributed by atoms with van der Waals surface area (Å²) in [6.07, 6.45) is 0. The maximum absolute atomic E-state index is 12.2. The van der Waals surface area contributed by atoms with Crippen molar-refractivity contribution >= 4 is 21.7 Å². The van der Waals surface area contributed by atoms with Crippen molar-refractivity contribution in [2.45, 2.75) is 11.8 Å². The number of hydroxylamine groups is 1. The summed E-state index contributed by atoms with van der Waals surface area (Å²) in [7, 11) is -4.11. The molecule has 0 saturated heterocycles. The van der Waals surface area contributed by atoms with E-state index in [1.54, 1.807) is 0 Å². The van der Waals surface area contributed by atoms with Crippen LogP contribution >= 0.6 is 0 Å². The molecular weight excluding hydrogens is 290 g/mol. The molecule has 0 aliphatic heterocycles. The summed E-state index contributed by atoms with van der Waals surface area (Å²) in [6.45, 7) is 0.771. The summed E-state index contributed by atoms with van der Waals surface area (Å²) < 4.78 is 24.8. The maximum Gasteiger partial charge on any atom is 0.323 e. The molecule has 9 nitrogen and oxygen atoms in total. The number of nitro benzene ring substituents is 1. The second kappa shape index (κ2) is 6.41. The predicted octanol–water partition coefficient (Wildman–Crippen LogP) is 0.0223. The molecule has 0 fully saturated rings. The Morgan fingerprint density at radius 1 is 1.40 bits per heavy atom. The third-order valence-electron chi connectivity index (χ3n) is 2.16. The van der Waals surface area contributed by atoms with Crippen LogP contribution in [0.3, 0.4) is 0 Å². The van der Waals surface area contributed by atoms with Crippen LogP contribution < -0.4 is 5.73 Å². The zero-order chi connectivity index (χ0) is 15.3. The molecule has 1 aromatic rings. The van der Waals surface area contributed by atoms with E-state index in [2.05, 4.69) is 4.84 Å². The Hall–Kier alpha value is -2.04. The first-order valence-electron chi connectivity index (χ1n) is 5.45. The number of benzene rings is 1. The zero-order valence-electron chi connectivity index (χ0n) is 10.6. The quantitative estimate of drug-likeness (QED) is 0.578. The fraction of sp³-hybridized carbons (Fsp3) is 0.300. The van der Waals surface area contributed by atoms with Crippen molar-refractivity contribution in [2.75, 3.05) is 13.1 Å². The predicted molar refractivity (Wildman–Crippen MR) is 67.8 cm³/mol. The Labute approximate surface area is 115 Å². The SMILES string of the molecule is CC(=O)ON(CCN)S(=O)(=O)c1ccc([N+](=O)[O-])cc1. The molecule has 10 heteroatoms. The first-order chi connectivity index (χ1) is 9.28. The molecule has 0 radical (unpaired) electrons. The zero-order valence-corrected chi connectivity index (χ0v) is 11.4. The average Bonchev–Trinajstić information content (AvgIpc) is 2.37. The lowest BCUT2D eigenvalue weighted by molar-refractivity contribution is -0.384. The lowest BCUT2D eigenvalue weighted by atomic mass is 10.3. The topological polar surface area (TPSA) is 133 Å². The minimum Gasteiger partial charge on any atom is -0.353 e. The minimum absolute atomic E-state index is 0.0561. The van der Waals surface area contributed by atoms with E-state index in [4.69, 9.17) is 5.73 Å². The molecule has 110 valence electrons. The highest BCUT2D eigenvalue weighted by molar-refractivity contribution is 7.89. The Balaban J connectivity index is 3.11. The normalized spacial score (nSPS) is 11.3. The Morgan fingerprint density at radius 2 is 1.95 bits per heavy atom. The average molecular weight is 303 g/mol. The lowest BCUT2D eigenvalue weighted by Gasteiger charge is -2.19. The van der Waals surface area contributed by atoms with Crippen molar-refractivity contribution in [3.63, 3.8) is 0 Å². The molecule has 0 aliphatic rings. The smallest absolute Gasteiger partial charge is 0.323 e. The number of nitrogens with zero attached hydrogens (tertiary/aromatic N) is 2. The van der Waals surface area contributed by atoms with Gasteiger partial charge in [0.2, 0.25) is 0 Å². The fourth-order valence-electron chi connectivity index (χ4n) is 1.32. The number of hydrogen-bond acceptors (Lipinski definition) is 7. The van der Waals surface area contributed by atoms with Gasteiger partial charge in [0.1, 0.15) is 0 Å². The van der Waals surface area contributed by atoms with Crippen molar-refractivity contribution in [1.29, 1.82) is 0 Å². The molecular formula is C10H13N3O6S. The first-order valence-corrected chi connectivity index (χ1v) is 6.89. The molecule has 0 saturated carbocycles. The molecule has 0 heterocycles. The highest BCUT2D eigenvalue weighted by Gasteiger charge is 2.27. The molecule has 0 aromatic heterocycles. The van der Waals surface area contributed by atoms with E-state index < -0.39 is 20.9 Å². The maximum atomic E-state index is 12.2.